The average molecular weight is 659 g/mol. The van der Waals surface area contributed by atoms with Crippen molar-refractivity contribution in [2.45, 2.75) is 168 Å². The van der Waals surface area contributed by atoms with Crippen LogP contribution < -0.4 is 0 Å². The molecule has 0 heterocycles. The standard InChI is InChI=1S/C42H76NO4/c1-5-7-9-11-13-15-17-19-21-23-25-27-29-31-33-35-41(44)46-39-37-43(3,4)38-40-47-42(45)36-34-32-30-28-26-24-22-20-18-16-14-12-10-8-6-2/h29-36H,5-28,37-40H2,1-4H3/q+1. The Morgan fingerprint density at radius 1 is 0.447 bits per heavy atom. The summed E-state index contributed by atoms with van der Waals surface area (Å²) in [7, 11) is 4.09. The van der Waals surface area contributed by atoms with Crippen LogP contribution in [-0.2, 0) is 19.1 Å². The van der Waals surface area contributed by atoms with Crippen molar-refractivity contribution in [2.24, 2.45) is 0 Å². The molecule has 0 aliphatic heterocycles. The molecule has 5 heteroatoms. The summed E-state index contributed by atoms with van der Waals surface area (Å²) in [5.41, 5.74) is 0. The minimum absolute atomic E-state index is 0.322. The number of unbranched alkanes of at least 4 members (excludes halogenated alkanes) is 22. The fourth-order valence-corrected chi connectivity index (χ4v) is 5.47. The van der Waals surface area contributed by atoms with Crippen LogP contribution in [0.4, 0.5) is 0 Å². The van der Waals surface area contributed by atoms with Crippen LogP contribution in [0, 0.1) is 0 Å². The van der Waals surface area contributed by atoms with Crippen LogP contribution in [-0.4, -0.2) is 56.8 Å². The molecule has 0 N–H and O–H groups in total. The molecule has 0 unspecified atom stereocenters. The second-order valence-corrected chi connectivity index (χ2v) is 13.9. The number of nitrogens with zero attached hydrogens (tertiary/aromatic N) is 1. The molecule has 0 fully saturated rings. The molecular weight excluding hydrogens is 582 g/mol. The quantitative estimate of drug-likeness (QED) is 0.0227. The minimum atomic E-state index is -0.322. The van der Waals surface area contributed by atoms with Gasteiger partial charge in [-0.1, -0.05) is 179 Å². The molecule has 0 amide bonds. The molecule has 5 nitrogen and oxygen atoms in total. The van der Waals surface area contributed by atoms with Gasteiger partial charge in [-0.3, -0.25) is 0 Å². The molecule has 0 aromatic rings. The van der Waals surface area contributed by atoms with E-state index in [1.165, 1.54) is 153 Å². The van der Waals surface area contributed by atoms with Gasteiger partial charge < -0.3 is 14.0 Å². The molecular formula is C42H76NO4+. The van der Waals surface area contributed by atoms with E-state index in [1.54, 1.807) is 12.2 Å². The summed E-state index contributed by atoms with van der Waals surface area (Å²) < 4.78 is 11.3. The number of carbonyl (C=O) groups excluding carboxylic acids is 2. The van der Waals surface area contributed by atoms with Gasteiger partial charge in [0.2, 0.25) is 0 Å². The van der Waals surface area contributed by atoms with E-state index in [0.29, 0.717) is 30.8 Å². The van der Waals surface area contributed by atoms with Gasteiger partial charge in [0, 0.05) is 12.2 Å². The van der Waals surface area contributed by atoms with Crippen molar-refractivity contribution in [1.29, 1.82) is 0 Å². The third-order valence-corrected chi connectivity index (χ3v) is 8.79. The number of rotatable bonds is 34. The highest BCUT2D eigenvalue weighted by atomic mass is 16.5. The van der Waals surface area contributed by atoms with Gasteiger partial charge in [-0.05, 0) is 25.7 Å². The minimum Gasteiger partial charge on any atom is -0.457 e. The van der Waals surface area contributed by atoms with Crippen molar-refractivity contribution >= 4 is 11.9 Å². The Labute approximate surface area is 291 Å². The fourth-order valence-electron chi connectivity index (χ4n) is 5.47. The van der Waals surface area contributed by atoms with E-state index in [1.807, 2.05) is 26.2 Å². The van der Waals surface area contributed by atoms with Gasteiger partial charge in [0.15, 0.2) is 0 Å². The molecule has 0 rings (SSSR count). The van der Waals surface area contributed by atoms with Crippen LogP contribution in [0.3, 0.4) is 0 Å². The van der Waals surface area contributed by atoms with Crippen molar-refractivity contribution in [2.75, 3.05) is 40.4 Å². The second kappa shape index (κ2) is 35.2. The molecule has 0 aliphatic carbocycles. The second-order valence-electron chi connectivity index (χ2n) is 13.9. The van der Waals surface area contributed by atoms with Crippen molar-refractivity contribution in [3.63, 3.8) is 0 Å². The monoisotopic (exact) mass is 659 g/mol. The van der Waals surface area contributed by atoms with Crippen LogP contribution in [0.15, 0.2) is 48.6 Å². The average Bonchev–Trinajstić information content (AvgIpc) is 3.04. The Morgan fingerprint density at radius 3 is 1.06 bits per heavy atom. The van der Waals surface area contributed by atoms with Crippen molar-refractivity contribution < 1.29 is 23.5 Å². The normalized spacial score (nSPS) is 12.3. The Bertz CT molecular complexity index is 760. The predicted molar refractivity (Wildman–Crippen MR) is 202 cm³/mol. The number of hydrogen-bond donors (Lipinski definition) is 0. The topological polar surface area (TPSA) is 52.6 Å². The summed E-state index contributed by atoms with van der Waals surface area (Å²) in [4.78, 5) is 24.0. The summed E-state index contributed by atoms with van der Waals surface area (Å²) in [6.07, 6.45) is 46.5. The molecule has 0 bridgehead atoms. The molecule has 0 atom stereocenters. The molecule has 272 valence electrons. The van der Waals surface area contributed by atoms with Crippen molar-refractivity contribution in [3.05, 3.63) is 48.6 Å². The highest BCUT2D eigenvalue weighted by Gasteiger charge is 2.16. The van der Waals surface area contributed by atoms with Crippen LogP contribution in [0.1, 0.15) is 168 Å². The highest BCUT2D eigenvalue weighted by molar-refractivity contribution is 5.82. The lowest BCUT2D eigenvalue weighted by Gasteiger charge is -2.28. The zero-order chi connectivity index (χ0) is 34.5. The molecule has 0 aromatic carbocycles. The Balaban J connectivity index is 3.72. The summed E-state index contributed by atoms with van der Waals surface area (Å²) >= 11 is 0. The largest absolute Gasteiger partial charge is 0.457 e. The number of ether oxygens (including phenoxy) is 2. The van der Waals surface area contributed by atoms with Gasteiger partial charge in [-0.25, -0.2) is 9.59 Å². The number of carbonyl (C=O) groups is 2. The number of esters is 2. The Morgan fingerprint density at radius 2 is 0.745 bits per heavy atom. The van der Waals surface area contributed by atoms with E-state index in [0.717, 1.165) is 12.8 Å². The zero-order valence-corrected chi connectivity index (χ0v) is 31.5. The molecule has 47 heavy (non-hydrogen) atoms. The SMILES string of the molecule is CCCCCCCCCCCCCC=CC=CC(=O)OCC[N+](C)(C)CCOC(=O)C=CC=CCCCCCCCCCCCCC. The molecule has 0 spiro atoms. The third kappa shape index (κ3) is 36.5. The van der Waals surface area contributed by atoms with Crippen LogP contribution in [0.25, 0.3) is 0 Å². The number of likely N-dealkylation sites (N-methyl/N-ethyl adjacent to an activating group) is 1. The van der Waals surface area contributed by atoms with Gasteiger partial charge in [0.05, 0.1) is 14.1 Å². The first-order valence-electron chi connectivity index (χ1n) is 19.7. The molecule has 0 aromatic heterocycles. The van der Waals surface area contributed by atoms with Crippen LogP contribution in [0.2, 0.25) is 0 Å². The zero-order valence-electron chi connectivity index (χ0n) is 31.5. The van der Waals surface area contributed by atoms with E-state index in [-0.39, 0.29) is 11.9 Å². The van der Waals surface area contributed by atoms with Crippen LogP contribution in [0.5, 0.6) is 0 Å². The van der Waals surface area contributed by atoms with Gasteiger partial charge in [-0.15, -0.1) is 0 Å². The highest BCUT2D eigenvalue weighted by Crippen LogP contribution is 2.13. The number of hydrogen-bond acceptors (Lipinski definition) is 4. The van der Waals surface area contributed by atoms with Crippen molar-refractivity contribution in [3.8, 4) is 0 Å². The van der Waals surface area contributed by atoms with E-state index >= 15 is 0 Å². The van der Waals surface area contributed by atoms with Gasteiger partial charge in [-0.2, -0.15) is 0 Å². The number of allylic oxidation sites excluding steroid dienone is 6. The van der Waals surface area contributed by atoms with E-state index < -0.39 is 0 Å². The third-order valence-electron chi connectivity index (χ3n) is 8.79. The maximum Gasteiger partial charge on any atom is 0.330 e. The summed E-state index contributed by atoms with van der Waals surface area (Å²) in [6, 6.07) is 0. The first kappa shape index (κ1) is 44.9. The summed E-state index contributed by atoms with van der Waals surface area (Å²) in [6.45, 7) is 6.51. The van der Waals surface area contributed by atoms with Gasteiger partial charge in [0.1, 0.15) is 26.3 Å². The lowest BCUT2D eigenvalue weighted by Crippen LogP contribution is -2.45. The van der Waals surface area contributed by atoms with E-state index in [2.05, 4.69) is 26.0 Å². The Kier molecular flexibility index (Phi) is 33.6. The van der Waals surface area contributed by atoms with Crippen LogP contribution >= 0.6 is 0 Å². The van der Waals surface area contributed by atoms with Crippen molar-refractivity contribution in [1.82, 2.24) is 0 Å². The lowest BCUT2D eigenvalue weighted by atomic mass is 10.1. The molecule has 0 aliphatic rings. The summed E-state index contributed by atoms with van der Waals surface area (Å²) in [5.74, 6) is -0.644. The predicted octanol–water partition coefficient (Wildman–Crippen LogP) is 11.8. The first-order chi connectivity index (χ1) is 22.9. The first-order valence-corrected chi connectivity index (χ1v) is 19.7. The Hall–Kier alpha value is -2.14. The molecule has 0 radical (unpaired) electrons. The van der Waals surface area contributed by atoms with E-state index in [4.69, 9.17) is 9.47 Å². The maximum absolute atomic E-state index is 12.0. The number of quaternary nitrogens is 1. The molecule has 0 saturated heterocycles. The smallest absolute Gasteiger partial charge is 0.330 e. The maximum atomic E-state index is 12.0. The van der Waals surface area contributed by atoms with Gasteiger partial charge in [0.25, 0.3) is 0 Å². The lowest BCUT2D eigenvalue weighted by molar-refractivity contribution is -0.890. The fraction of sp³-hybridized carbons (Fsp3) is 0.762. The van der Waals surface area contributed by atoms with Gasteiger partial charge >= 0.3 is 11.9 Å². The summed E-state index contributed by atoms with van der Waals surface area (Å²) in [5, 5.41) is 0. The van der Waals surface area contributed by atoms with E-state index in [9.17, 15) is 9.59 Å². The molecule has 0 saturated carbocycles.